The van der Waals surface area contributed by atoms with Gasteiger partial charge in [-0.3, -0.25) is 14.7 Å². The monoisotopic (exact) mass is 395 g/mol. The Labute approximate surface area is 172 Å². The molecule has 6 heteroatoms. The van der Waals surface area contributed by atoms with Crippen LogP contribution in [-0.2, 0) is 22.5 Å². The van der Waals surface area contributed by atoms with Crippen LogP contribution < -0.4 is 4.74 Å². The van der Waals surface area contributed by atoms with Gasteiger partial charge >= 0.3 is 0 Å². The van der Waals surface area contributed by atoms with Crippen molar-refractivity contribution in [2.45, 2.75) is 25.4 Å². The van der Waals surface area contributed by atoms with Gasteiger partial charge in [0, 0.05) is 50.5 Å². The van der Waals surface area contributed by atoms with Crippen molar-refractivity contribution in [3.8, 4) is 5.75 Å². The van der Waals surface area contributed by atoms with Crippen molar-refractivity contribution in [1.29, 1.82) is 0 Å². The van der Waals surface area contributed by atoms with Gasteiger partial charge in [-0.1, -0.05) is 18.2 Å². The van der Waals surface area contributed by atoms with Crippen molar-refractivity contribution in [1.82, 2.24) is 14.8 Å². The third-order valence-electron chi connectivity index (χ3n) is 5.97. The Kier molecular flexibility index (Phi) is 6.42. The van der Waals surface area contributed by atoms with Crippen molar-refractivity contribution >= 4 is 5.91 Å². The maximum absolute atomic E-state index is 12.9. The molecule has 4 rings (SSSR count). The van der Waals surface area contributed by atoms with Crippen LogP contribution in [0.1, 0.15) is 17.5 Å². The van der Waals surface area contributed by atoms with E-state index >= 15 is 0 Å². The van der Waals surface area contributed by atoms with Crippen LogP contribution in [-0.4, -0.2) is 66.7 Å². The Hall–Kier alpha value is -2.44. The topological polar surface area (TPSA) is 54.9 Å². The lowest BCUT2D eigenvalue weighted by Crippen LogP contribution is -2.52. The third kappa shape index (κ3) is 4.95. The molecule has 2 aliphatic rings. The Balaban J connectivity index is 1.39. The fourth-order valence-electron chi connectivity index (χ4n) is 4.46. The molecule has 3 heterocycles. The third-order valence-corrected chi connectivity index (χ3v) is 5.97. The zero-order valence-electron chi connectivity index (χ0n) is 17.0. The molecule has 1 amide bonds. The molecular formula is C23H29N3O3. The molecular weight excluding hydrogens is 366 g/mol. The first-order valence-corrected chi connectivity index (χ1v) is 10.3. The van der Waals surface area contributed by atoms with Crippen LogP contribution in [0.3, 0.4) is 0 Å². The average molecular weight is 396 g/mol. The molecule has 29 heavy (non-hydrogen) atoms. The molecule has 2 fully saturated rings. The van der Waals surface area contributed by atoms with Crippen molar-refractivity contribution in [3.63, 3.8) is 0 Å². The number of likely N-dealkylation sites (tertiary alicyclic amines) is 1. The van der Waals surface area contributed by atoms with Gasteiger partial charge in [-0.25, -0.2) is 0 Å². The predicted octanol–water partition coefficient (Wildman–Crippen LogP) is 2.38. The Bertz CT molecular complexity index is 814. The lowest BCUT2D eigenvalue weighted by Gasteiger charge is -2.42. The number of methoxy groups -OCH3 is 1. The number of pyridine rings is 1. The molecule has 0 bridgehead atoms. The summed E-state index contributed by atoms with van der Waals surface area (Å²) in [5.41, 5.74) is 2.22. The van der Waals surface area contributed by atoms with Crippen molar-refractivity contribution in [3.05, 3.63) is 59.9 Å². The van der Waals surface area contributed by atoms with Crippen molar-refractivity contribution in [2.24, 2.45) is 5.92 Å². The number of amides is 1. The minimum absolute atomic E-state index is 0.180. The first-order valence-electron chi connectivity index (χ1n) is 10.3. The quantitative estimate of drug-likeness (QED) is 0.778. The number of rotatable bonds is 5. The number of hydrogen-bond donors (Lipinski definition) is 0. The molecule has 2 aliphatic heterocycles. The minimum atomic E-state index is 0.180. The number of benzene rings is 1. The van der Waals surface area contributed by atoms with E-state index in [1.54, 1.807) is 7.11 Å². The van der Waals surface area contributed by atoms with Gasteiger partial charge in [0.15, 0.2) is 0 Å². The highest BCUT2D eigenvalue weighted by Crippen LogP contribution is 2.27. The molecule has 1 aromatic heterocycles. The molecule has 2 saturated heterocycles. The van der Waals surface area contributed by atoms with E-state index in [0.29, 0.717) is 18.4 Å². The summed E-state index contributed by atoms with van der Waals surface area (Å²) >= 11 is 0. The van der Waals surface area contributed by atoms with Crippen molar-refractivity contribution in [2.75, 3.05) is 40.0 Å². The van der Waals surface area contributed by atoms with E-state index in [1.807, 2.05) is 47.6 Å². The first-order chi connectivity index (χ1) is 14.2. The summed E-state index contributed by atoms with van der Waals surface area (Å²) in [5, 5.41) is 0. The highest BCUT2D eigenvalue weighted by molar-refractivity contribution is 5.79. The molecule has 0 aliphatic carbocycles. The number of fused-ring (bicyclic) bond motifs is 1. The zero-order chi connectivity index (χ0) is 20.1. The molecule has 2 unspecified atom stereocenters. The van der Waals surface area contributed by atoms with Gasteiger partial charge in [-0.05, 0) is 35.7 Å². The highest BCUT2D eigenvalue weighted by Gasteiger charge is 2.36. The fourth-order valence-corrected chi connectivity index (χ4v) is 4.46. The van der Waals surface area contributed by atoms with E-state index < -0.39 is 0 Å². The molecule has 154 valence electrons. The smallest absolute Gasteiger partial charge is 0.227 e. The lowest BCUT2D eigenvalue weighted by molar-refractivity contribution is -0.133. The van der Waals surface area contributed by atoms with Crippen LogP contribution in [0.15, 0.2) is 48.8 Å². The Morgan fingerprint density at radius 2 is 2.14 bits per heavy atom. The predicted molar refractivity (Wildman–Crippen MR) is 111 cm³/mol. The van der Waals surface area contributed by atoms with Gasteiger partial charge < -0.3 is 14.4 Å². The van der Waals surface area contributed by atoms with Gasteiger partial charge in [0.2, 0.25) is 5.91 Å². The Morgan fingerprint density at radius 3 is 2.97 bits per heavy atom. The molecule has 1 aromatic carbocycles. The number of carbonyl (C=O) groups excluding carboxylic acids is 1. The Morgan fingerprint density at radius 1 is 1.24 bits per heavy atom. The van der Waals surface area contributed by atoms with Gasteiger partial charge in [0.05, 0.1) is 26.7 Å². The summed E-state index contributed by atoms with van der Waals surface area (Å²) < 4.78 is 11.2. The molecule has 0 N–H and O–H groups in total. The largest absolute Gasteiger partial charge is 0.497 e. The van der Waals surface area contributed by atoms with Crippen LogP contribution in [0.4, 0.5) is 0 Å². The summed E-state index contributed by atoms with van der Waals surface area (Å²) in [4.78, 5) is 21.7. The summed E-state index contributed by atoms with van der Waals surface area (Å²) in [6.45, 7) is 4.83. The second-order valence-electron chi connectivity index (χ2n) is 7.89. The number of ether oxygens (including phenoxy) is 2. The molecule has 2 aromatic rings. The van der Waals surface area contributed by atoms with Crippen LogP contribution >= 0.6 is 0 Å². The van der Waals surface area contributed by atoms with Gasteiger partial charge in [-0.15, -0.1) is 0 Å². The van der Waals surface area contributed by atoms with E-state index in [4.69, 9.17) is 9.47 Å². The maximum atomic E-state index is 12.9. The average Bonchev–Trinajstić information content (AvgIpc) is 2.96. The van der Waals surface area contributed by atoms with Crippen LogP contribution in [0, 0.1) is 5.92 Å². The summed E-state index contributed by atoms with van der Waals surface area (Å²) in [5.74, 6) is 1.31. The summed E-state index contributed by atoms with van der Waals surface area (Å²) in [6.07, 6.45) is 5.14. The number of carbonyl (C=O) groups is 1. The molecule has 0 saturated carbocycles. The first kappa shape index (κ1) is 19.9. The number of hydrogen-bond acceptors (Lipinski definition) is 5. The minimum Gasteiger partial charge on any atom is -0.497 e. The van der Waals surface area contributed by atoms with Crippen LogP contribution in [0.2, 0.25) is 0 Å². The maximum Gasteiger partial charge on any atom is 0.227 e. The lowest BCUT2D eigenvalue weighted by atomic mass is 9.90. The fraction of sp³-hybridized carbons (Fsp3) is 0.478. The van der Waals surface area contributed by atoms with E-state index in [9.17, 15) is 4.79 Å². The van der Waals surface area contributed by atoms with Gasteiger partial charge in [0.25, 0.3) is 0 Å². The molecule has 6 nitrogen and oxygen atoms in total. The standard InChI is InChI=1S/C23H29N3O3/c1-28-21-6-2-4-18(12-21)13-23(27)26-9-7-22-20(16-26)17-29-11-10-25(22)15-19-5-3-8-24-14-19/h2-6,8,12,14,20,22H,7,9-11,13,15-17H2,1H3. The van der Waals surface area contributed by atoms with Crippen molar-refractivity contribution < 1.29 is 14.3 Å². The zero-order valence-corrected chi connectivity index (χ0v) is 17.0. The second-order valence-corrected chi connectivity index (χ2v) is 7.89. The van der Waals surface area contributed by atoms with E-state index in [0.717, 1.165) is 57.1 Å². The van der Waals surface area contributed by atoms with Crippen LogP contribution in [0.25, 0.3) is 0 Å². The normalized spacial score (nSPS) is 22.6. The number of nitrogens with zero attached hydrogens (tertiary/aromatic N) is 3. The van der Waals surface area contributed by atoms with E-state index in [1.165, 1.54) is 5.56 Å². The SMILES string of the molecule is COc1cccc(CC(=O)N2CCC3C(COCCN3Cc3cccnc3)C2)c1. The van der Waals surface area contributed by atoms with Gasteiger partial charge in [-0.2, -0.15) is 0 Å². The second kappa shape index (κ2) is 9.37. The van der Waals surface area contributed by atoms with E-state index in [-0.39, 0.29) is 5.91 Å². The number of piperidine rings is 1. The van der Waals surface area contributed by atoms with Gasteiger partial charge in [0.1, 0.15) is 5.75 Å². The molecule has 0 spiro atoms. The van der Waals surface area contributed by atoms with Crippen LogP contribution in [0.5, 0.6) is 5.75 Å². The number of aromatic nitrogens is 1. The summed E-state index contributed by atoms with van der Waals surface area (Å²) in [6, 6.07) is 12.3. The molecule has 0 radical (unpaired) electrons. The van der Waals surface area contributed by atoms with E-state index in [2.05, 4.69) is 16.0 Å². The summed E-state index contributed by atoms with van der Waals surface area (Å²) in [7, 11) is 1.65. The highest BCUT2D eigenvalue weighted by atomic mass is 16.5. The molecule has 2 atom stereocenters.